The molecule has 0 aromatic heterocycles. The average molecular weight is 228 g/mol. The predicted octanol–water partition coefficient (Wildman–Crippen LogP) is 1.53. The van der Waals surface area contributed by atoms with Crippen LogP contribution in [0.3, 0.4) is 0 Å². The van der Waals surface area contributed by atoms with E-state index in [9.17, 15) is 0 Å². The van der Waals surface area contributed by atoms with Crippen molar-refractivity contribution in [3.63, 3.8) is 0 Å². The Hall–Kier alpha value is -1.30. The minimum Gasteiger partial charge on any atom is -0.311 e. The van der Waals surface area contributed by atoms with E-state index in [2.05, 4.69) is 46.5 Å². The Morgan fingerprint density at radius 2 is 2.18 bits per heavy atom. The molecule has 0 radical (unpaired) electrons. The largest absolute Gasteiger partial charge is 0.311 e. The molecule has 2 rings (SSSR count). The van der Waals surface area contributed by atoms with Crippen LogP contribution in [-0.2, 0) is 6.42 Å². The van der Waals surface area contributed by atoms with Gasteiger partial charge >= 0.3 is 0 Å². The molecule has 0 amide bonds. The lowest BCUT2D eigenvalue weighted by Gasteiger charge is -2.33. The highest BCUT2D eigenvalue weighted by Crippen LogP contribution is 2.07. The second kappa shape index (κ2) is 6.44. The van der Waals surface area contributed by atoms with Gasteiger partial charge in [-0.3, -0.25) is 4.90 Å². The molecule has 1 aromatic carbocycles. The standard InChI is InChI=1S/C15H20N2/c1-2-3-10-17-11-9-16-15(13-17)12-14-7-5-4-6-8-14/h1,4-8,15-16H,3,9-13H2. The van der Waals surface area contributed by atoms with Gasteiger partial charge in [-0.25, -0.2) is 0 Å². The lowest BCUT2D eigenvalue weighted by molar-refractivity contribution is 0.203. The summed E-state index contributed by atoms with van der Waals surface area (Å²) < 4.78 is 0. The highest BCUT2D eigenvalue weighted by molar-refractivity contribution is 5.16. The van der Waals surface area contributed by atoms with Crippen LogP contribution in [0.25, 0.3) is 0 Å². The Bertz CT molecular complexity index is 366. The highest BCUT2D eigenvalue weighted by Gasteiger charge is 2.18. The monoisotopic (exact) mass is 228 g/mol. The van der Waals surface area contributed by atoms with Crippen LogP contribution in [0, 0.1) is 12.3 Å². The number of benzene rings is 1. The van der Waals surface area contributed by atoms with Gasteiger partial charge in [0.05, 0.1) is 0 Å². The van der Waals surface area contributed by atoms with E-state index in [1.54, 1.807) is 0 Å². The number of piperazine rings is 1. The normalized spacial score (nSPS) is 21.0. The first-order chi connectivity index (χ1) is 8.38. The molecule has 1 atom stereocenters. The fourth-order valence-electron chi connectivity index (χ4n) is 2.36. The zero-order chi connectivity index (χ0) is 11.9. The van der Waals surface area contributed by atoms with E-state index < -0.39 is 0 Å². The SMILES string of the molecule is C#CCCN1CCNC(Cc2ccccc2)C1. The molecule has 1 unspecified atom stereocenters. The van der Waals surface area contributed by atoms with Gasteiger partial charge in [0.2, 0.25) is 0 Å². The quantitative estimate of drug-likeness (QED) is 0.786. The van der Waals surface area contributed by atoms with Gasteiger partial charge in [-0.15, -0.1) is 12.3 Å². The Morgan fingerprint density at radius 1 is 1.35 bits per heavy atom. The Balaban J connectivity index is 1.83. The van der Waals surface area contributed by atoms with Crippen molar-refractivity contribution in [3.05, 3.63) is 35.9 Å². The van der Waals surface area contributed by atoms with Crippen molar-refractivity contribution in [2.75, 3.05) is 26.2 Å². The first kappa shape index (κ1) is 12.2. The summed E-state index contributed by atoms with van der Waals surface area (Å²) in [7, 11) is 0. The van der Waals surface area contributed by atoms with E-state index in [1.165, 1.54) is 5.56 Å². The van der Waals surface area contributed by atoms with Crippen LogP contribution in [0.5, 0.6) is 0 Å². The molecule has 1 heterocycles. The number of nitrogens with one attached hydrogen (secondary N) is 1. The summed E-state index contributed by atoms with van der Waals surface area (Å²) in [6.45, 7) is 4.33. The molecule has 1 fully saturated rings. The molecule has 2 nitrogen and oxygen atoms in total. The van der Waals surface area contributed by atoms with Crippen LogP contribution >= 0.6 is 0 Å². The number of hydrogen-bond donors (Lipinski definition) is 1. The van der Waals surface area contributed by atoms with Crippen LogP contribution in [0.2, 0.25) is 0 Å². The van der Waals surface area contributed by atoms with Gasteiger partial charge < -0.3 is 5.32 Å². The maximum Gasteiger partial charge on any atom is 0.0235 e. The lowest BCUT2D eigenvalue weighted by atomic mass is 10.0. The molecule has 1 aromatic rings. The molecular formula is C15H20N2. The van der Waals surface area contributed by atoms with Crippen molar-refractivity contribution < 1.29 is 0 Å². The first-order valence-corrected chi connectivity index (χ1v) is 6.31. The highest BCUT2D eigenvalue weighted by atomic mass is 15.2. The van der Waals surface area contributed by atoms with E-state index in [-0.39, 0.29) is 0 Å². The maximum absolute atomic E-state index is 5.31. The molecule has 1 N–H and O–H groups in total. The molecule has 1 saturated heterocycles. The van der Waals surface area contributed by atoms with Gasteiger partial charge in [0, 0.05) is 38.6 Å². The molecule has 1 aliphatic rings. The van der Waals surface area contributed by atoms with E-state index in [0.717, 1.165) is 39.0 Å². The number of rotatable bonds is 4. The first-order valence-electron chi connectivity index (χ1n) is 6.31. The fourth-order valence-corrected chi connectivity index (χ4v) is 2.36. The molecule has 17 heavy (non-hydrogen) atoms. The summed E-state index contributed by atoms with van der Waals surface area (Å²) >= 11 is 0. The van der Waals surface area contributed by atoms with Crippen molar-refractivity contribution in [1.82, 2.24) is 10.2 Å². The van der Waals surface area contributed by atoms with Crippen LogP contribution in [-0.4, -0.2) is 37.1 Å². The molecule has 1 aliphatic heterocycles. The smallest absolute Gasteiger partial charge is 0.0235 e. The minimum absolute atomic E-state index is 0.559. The van der Waals surface area contributed by atoms with Gasteiger partial charge in [0.1, 0.15) is 0 Å². The topological polar surface area (TPSA) is 15.3 Å². The van der Waals surface area contributed by atoms with Crippen molar-refractivity contribution in [2.24, 2.45) is 0 Å². The third kappa shape index (κ3) is 3.89. The Kier molecular flexibility index (Phi) is 4.61. The second-order valence-electron chi connectivity index (χ2n) is 4.60. The summed E-state index contributed by atoms with van der Waals surface area (Å²) in [6, 6.07) is 11.2. The average Bonchev–Trinajstić information content (AvgIpc) is 2.38. The molecule has 0 spiro atoms. The molecule has 0 saturated carbocycles. The number of nitrogens with zero attached hydrogens (tertiary/aromatic N) is 1. The van der Waals surface area contributed by atoms with Gasteiger partial charge in [-0.2, -0.15) is 0 Å². The fraction of sp³-hybridized carbons (Fsp3) is 0.467. The molecule has 0 bridgehead atoms. The third-order valence-corrected chi connectivity index (χ3v) is 3.24. The van der Waals surface area contributed by atoms with Gasteiger partial charge in [-0.1, -0.05) is 30.3 Å². The predicted molar refractivity (Wildman–Crippen MR) is 71.8 cm³/mol. The maximum atomic E-state index is 5.31. The van der Waals surface area contributed by atoms with E-state index in [1.807, 2.05) is 0 Å². The molecular weight excluding hydrogens is 208 g/mol. The van der Waals surface area contributed by atoms with E-state index in [0.29, 0.717) is 6.04 Å². The van der Waals surface area contributed by atoms with Crippen LogP contribution in [0.1, 0.15) is 12.0 Å². The zero-order valence-electron chi connectivity index (χ0n) is 10.2. The summed E-state index contributed by atoms with van der Waals surface area (Å²) in [4.78, 5) is 2.46. The van der Waals surface area contributed by atoms with Crippen molar-refractivity contribution in [1.29, 1.82) is 0 Å². The zero-order valence-corrected chi connectivity index (χ0v) is 10.2. The third-order valence-electron chi connectivity index (χ3n) is 3.24. The van der Waals surface area contributed by atoms with Crippen LogP contribution in [0.15, 0.2) is 30.3 Å². The van der Waals surface area contributed by atoms with Crippen LogP contribution < -0.4 is 5.32 Å². The summed E-state index contributed by atoms with van der Waals surface area (Å²) in [5.74, 6) is 2.72. The molecule has 2 heteroatoms. The van der Waals surface area contributed by atoms with E-state index in [4.69, 9.17) is 6.42 Å². The molecule has 0 aliphatic carbocycles. The Labute approximate surface area is 104 Å². The van der Waals surface area contributed by atoms with E-state index >= 15 is 0 Å². The molecule has 90 valence electrons. The summed E-state index contributed by atoms with van der Waals surface area (Å²) in [5, 5.41) is 3.58. The van der Waals surface area contributed by atoms with Gasteiger partial charge in [0.15, 0.2) is 0 Å². The summed E-state index contributed by atoms with van der Waals surface area (Å²) in [6.07, 6.45) is 7.28. The minimum atomic E-state index is 0.559. The lowest BCUT2D eigenvalue weighted by Crippen LogP contribution is -2.51. The second-order valence-corrected chi connectivity index (χ2v) is 4.60. The summed E-state index contributed by atoms with van der Waals surface area (Å²) in [5.41, 5.74) is 1.41. The van der Waals surface area contributed by atoms with Crippen molar-refractivity contribution in [2.45, 2.75) is 18.9 Å². The van der Waals surface area contributed by atoms with Gasteiger partial charge in [-0.05, 0) is 12.0 Å². The van der Waals surface area contributed by atoms with Crippen molar-refractivity contribution in [3.8, 4) is 12.3 Å². The van der Waals surface area contributed by atoms with Crippen molar-refractivity contribution >= 4 is 0 Å². The Morgan fingerprint density at radius 3 is 2.94 bits per heavy atom. The van der Waals surface area contributed by atoms with Crippen LogP contribution in [0.4, 0.5) is 0 Å². The van der Waals surface area contributed by atoms with Gasteiger partial charge in [0.25, 0.3) is 0 Å². The number of terminal acetylenes is 1. The number of hydrogen-bond acceptors (Lipinski definition) is 2.